The molecule has 1 amide bonds. The minimum absolute atomic E-state index is 0.234. The molecule has 0 bridgehead atoms. The van der Waals surface area contributed by atoms with Crippen LogP contribution in [0.4, 0.5) is 5.82 Å². The van der Waals surface area contributed by atoms with E-state index in [1.807, 2.05) is 28.5 Å². The van der Waals surface area contributed by atoms with E-state index >= 15 is 0 Å². The molecule has 0 aromatic carbocycles. The second-order valence-electron chi connectivity index (χ2n) is 6.81. The predicted octanol–water partition coefficient (Wildman–Crippen LogP) is 3.52. The standard InChI is InChI=1S/C17H28N4OS2/c1-13-12-16(20-19-13)21-9-6-14(7-10-21)18-17(22)5-3-2-4-15-8-11-23-24-15/h12,14-15H,2-11H2,1H3,(H,18,22)(H,19,20)/t15-/m1/s1. The summed E-state index contributed by atoms with van der Waals surface area (Å²) in [6.45, 7) is 3.95. The summed E-state index contributed by atoms with van der Waals surface area (Å²) in [7, 11) is 4.03. The van der Waals surface area contributed by atoms with Crippen LogP contribution in [0, 0.1) is 6.92 Å². The summed E-state index contributed by atoms with van der Waals surface area (Å²) < 4.78 is 0. The maximum atomic E-state index is 12.1. The summed E-state index contributed by atoms with van der Waals surface area (Å²) in [5.74, 6) is 2.56. The van der Waals surface area contributed by atoms with Crippen molar-refractivity contribution in [1.82, 2.24) is 15.5 Å². The van der Waals surface area contributed by atoms with Crippen LogP contribution in [0.1, 0.15) is 50.6 Å². The Bertz CT molecular complexity index is 522. The van der Waals surface area contributed by atoms with Crippen molar-refractivity contribution in [3.63, 3.8) is 0 Å². The summed E-state index contributed by atoms with van der Waals surface area (Å²) in [5.41, 5.74) is 1.09. The Balaban J connectivity index is 1.28. The molecule has 134 valence electrons. The molecule has 2 aliphatic rings. The number of aryl methyl sites for hydroxylation is 1. The molecule has 1 atom stereocenters. The monoisotopic (exact) mass is 368 g/mol. The number of anilines is 1. The highest BCUT2D eigenvalue weighted by Crippen LogP contribution is 2.39. The quantitative estimate of drug-likeness (QED) is 0.570. The van der Waals surface area contributed by atoms with Crippen molar-refractivity contribution in [3.05, 3.63) is 11.8 Å². The van der Waals surface area contributed by atoms with Gasteiger partial charge >= 0.3 is 0 Å². The fourth-order valence-electron chi connectivity index (χ4n) is 3.34. The fourth-order valence-corrected chi connectivity index (χ4v) is 6.37. The van der Waals surface area contributed by atoms with Gasteiger partial charge in [-0.05, 0) is 39.0 Å². The van der Waals surface area contributed by atoms with Gasteiger partial charge in [0.1, 0.15) is 0 Å². The van der Waals surface area contributed by atoms with Gasteiger partial charge in [0.2, 0.25) is 5.91 Å². The first-order chi connectivity index (χ1) is 11.7. The molecule has 0 aliphatic carbocycles. The normalized spacial score (nSPS) is 22.0. The van der Waals surface area contributed by atoms with E-state index in [-0.39, 0.29) is 5.91 Å². The van der Waals surface area contributed by atoms with E-state index in [1.165, 1.54) is 25.0 Å². The molecule has 3 rings (SSSR count). The number of nitrogens with one attached hydrogen (secondary N) is 2. The van der Waals surface area contributed by atoms with E-state index in [2.05, 4.69) is 26.5 Å². The van der Waals surface area contributed by atoms with Crippen LogP contribution in [0.5, 0.6) is 0 Å². The Morgan fingerprint density at radius 3 is 2.88 bits per heavy atom. The van der Waals surface area contributed by atoms with Crippen molar-refractivity contribution in [2.24, 2.45) is 0 Å². The Hall–Kier alpha value is -0.820. The lowest BCUT2D eigenvalue weighted by atomic mass is 10.0. The average molecular weight is 369 g/mol. The van der Waals surface area contributed by atoms with Crippen molar-refractivity contribution in [2.75, 3.05) is 23.7 Å². The Labute approximate surface area is 152 Å². The number of aromatic nitrogens is 2. The van der Waals surface area contributed by atoms with Gasteiger partial charge in [-0.2, -0.15) is 5.10 Å². The predicted molar refractivity (Wildman–Crippen MR) is 104 cm³/mol. The van der Waals surface area contributed by atoms with Crippen LogP contribution < -0.4 is 10.2 Å². The summed E-state index contributed by atoms with van der Waals surface area (Å²) in [4.78, 5) is 14.4. The molecule has 1 aromatic rings. The number of nitrogens with zero attached hydrogens (tertiary/aromatic N) is 2. The van der Waals surface area contributed by atoms with Crippen LogP contribution in [0.15, 0.2) is 6.07 Å². The number of piperidine rings is 1. The highest BCUT2D eigenvalue weighted by Gasteiger charge is 2.22. The maximum Gasteiger partial charge on any atom is 0.220 e. The van der Waals surface area contributed by atoms with Crippen molar-refractivity contribution >= 4 is 33.3 Å². The molecule has 2 N–H and O–H groups in total. The highest BCUT2D eigenvalue weighted by atomic mass is 33.1. The molecular formula is C17H28N4OS2. The van der Waals surface area contributed by atoms with Crippen LogP contribution in [0.25, 0.3) is 0 Å². The van der Waals surface area contributed by atoms with E-state index in [0.717, 1.165) is 49.1 Å². The number of hydrogen-bond acceptors (Lipinski definition) is 5. The molecule has 5 nitrogen and oxygen atoms in total. The van der Waals surface area contributed by atoms with Crippen molar-refractivity contribution in [3.8, 4) is 0 Å². The number of carbonyl (C=O) groups is 1. The molecular weight excluding hydrogens is 340 g/mol. The van der Waals surface area contributed by atoms with Crippen molar-refractivity contribution < 1.29 is 4.79 Å². The van der Waals surface area contributed by atoms with Crippen molar-refractivity contribution in [2.45, 2.75) is 63.2 Å². The molecule has 0 unspecified atom stereocenters. The smallest absolute Gasteiger partial charge is 0.220 e. The SMILES string of the molecule is Cc1cc(N2CCC(NC(=O)CCCC[C@@H]3CCSS3)CC2)n[nH]1. The molecule has 0 saturated carbocycles. The lowest BCUT2D eigenvalue weighted by Gasteiger charge is -2.32. The average Bonchev–Trinajstić information content (AvgIpc) is 3.24. The molecule has 2 fully saturated rings. The second kappa shape index (κ2) is 9.04. The Morgan fingerprint density at radius 2 is 2.21 bits per heavy atom. The minimum atomic E-state index is 0.234. The summed E-state index contributed by atoms with van der Waals surface area (Å²) in [6, 6.07) is 2.41. The van der Waals surface area contributed by atoms with Gasteiger partial charge in [0.15, 0.2) is 5.82 Å². The molecule has 2 saturated heterocycles. The fraction of sp³-hybridized carbons (Fsp3) is 0.765. The third-order valence-corrected chi connectivity index (χ3v) is 7.79. The molecule has 0 spiro atoms. The van der Waals surface area contributed by atoms with Gasteiger partial charge in [-0.15, -0.1) is 0 Å². The number of rotatable bonds is 7. The lowest BCUT2D eigenvalue weighted by molar-refractivity contribution is -0.122. The first kappa shape index (κ1) is 18.0. The van der Waals surface area contributed by atoms with Crippen LogP contribution >= 0.6 is 21.6 Å². The molecule has 1 aromatic heterocycles. The Morgan fingerprint density at radius 1 is 1.38 bits per heavy atom. The number of carbonyl (C=O) groups excluding carboxylic acids is 1. The number of hydrogen-bond donors (Lipinski definition) is 2. The Kier molecular flexibility index (Phi) is 6.77. The van der Waals surface area contributed by atoms with Gasteiger partial charge in [-0.3, -0.25) is 9.89 Å². The summed E-state index contributed by atoms with van der Waals surface area (Å²) in [5, 5.41) is 11.4. The van der Waals surface area contributed by atoms with Gasteiger partial charge in [0, 0.05) is 48.3 Å². The maximum absolute atomic E-state index is 12.1. The minimum Gasteiger partial charge on any atom is -0.355 e. The second-order valence-corrected chi connectivity index (χ2v) is 9.60. The lowest BCUT2D eigenvalue weighted by Crippen LogP contribution is -2.44. The number of unbranched alkanes of at least 4 members (excludes halogenated alkanes) is 1. The first-order valence-electron chi connectivity index (χ1n) is 9.05. The molecule has 7 heteroatoms. The van der Waals surface area contributed by atoms with Gasteiger partial charge < -0.3 is 10.2 Å². The van der Waals surface area contributed by atoms with E-state index < -0.39 is 0 Å². The third-order valence-electron chi connectivity index (χ3n) is 4.78. The summed E-state index contributed by atoms with van der Waals surface area (Å²) in [6.07, 6.45) is 7.52. The molecule has 3 heterocycles. The third kappa shape index (κ3) is 5.34. The summed E-state index contributed by atoms with van der Waals surface area (Å²) >= 11 is 0. The highest BCUT2D eigenvalue weighted by molar-refractivity contribution is 8.77. The zero-order chi connectivity index (χ0) is 16.8. The molecule has 2 aliphatic heterocycles. The number of H-pyrrole nitrogens is 1. The largest absolute Gasteiger partial charge is 0.355 e. The topological polar surface area (TPSA) is 61.0 Å². The van der Waals surface area contributed by atoms with Crippen molar-refractivity contribution in [1.29, 1.82) is 0 Å². The number of aromatic amines is 1. The van der Waals surface area contributed by atoms with Crippen LogP contribution in [-0.4, -0.2) is 46.2 Å². The van der Waals surface area contributed by atoms with E-state index in [4.69, 9.17) is 0 Å². The van der Waals surface area contributed by atoms with Gasteiger partial charge in [0.25, 0.3) is 0 Å². The van der Waals surface area contributed by atoms with E-state index in [1.54, 1.807) is 0 Å². The van der Waals surface area contributed by atoms with E-state index in [9.17, 15) is 4.79 Å². The molecule has 0 radical (unpaired) electrons. The van der Waals surface area contributed by atoms with Gasteiger partial charge in [0.05, 0.1) is 0 Å². The van der Waals surface area contributed by atoms with Crippen LogP contribution in [0.3, 0.4) is 0 Å². The van der Waals surface area contributed by atoms with Crippen LogP contribution in [0.2, 0.25) is 0 Å². The van der Waals surface area contributed by atoms with Gasteiger partial charge in [-0.25, -0.2) is 0 Å². The van der Waals surface area contributed by atoms with E-state index in [0.29, 0.717) is 12.5 Å². The van der Waals surface area contributed by atoms with Crippen LogP contribution in [-0.2, 0) is 4.79 Å². The first-order valence-corrected chi connectivity index (χ1v) is 11.4. The number of amides is 1. The van der Waals surface area contributed by atoms with Gasteiger partial charge in [-0.1, -0.05) is 28.0 Å². The zero-order valence-electron chi connectivity index (χ0n) is 14.4. The molecule has 24 heavy (non-hydrogen) atoms. The zero-order valence-corrected chi connectivity index (χ0v) is 16.1.